The number of hydrogen-bond acceptors (Lipinski definition) is 5. The van der Waals surface area contributed by atoms with Crippen LogP contribution in [0.25, 0.3) is 5.69 Å². The molecule has 7 heteroatoms. The Morgan fingerprint density at radius 1 is 1.22 bits per heavy atom. The molecule has 1 saturated heterocycles. The second-order valence-corrected chi connectivity index (χ2v) is 7.36. The van der Waals surface area contributed by atoms with Crippen molar-refractivity contribution in [2.45, 2.75) is 38.6 Å². The number of amides is 1. The van der Waals surface area contributed by atoms with Gasteiger partial charge in [0, 0.05) is 30.7 Å². The van der Waals surface area contributed by atoms with Gasteiger partial charge in [-0.15, -0.1) is 0 Å². The maximum Gasteiger partial charge on any atom is 0.251 e. The van der Waals surface area contributed by atoms with Crippen LogP contribution < -0.4 is 11.1 Å². The number of benzene rings is 1. The molecule has 142 valence electrons. The van der Waals surface area contributed by atoms with Gasteiger partial charge in [-0.2, -0.15) is 5.10 Å². The maximum absolute atomic E-state index is 12.8. The number of hydrogen-bond donors (Lipinski definition) is 2. The summed E-state index contributed by atoms with van der Waals surface area (Å²) in [5.74, 6) is 0.162. The van der Waals surface area contributed by atoms with E-state index in [9.17, 15) is 9.59 Å². The standard InChI is InChI=1S/C20H24N4O3/c1-12-2-3-14(20(26)23-15-4-5-15)10-17(12)24-19(21)16(11-22-24)18(25)13-6-8-27-9-7-13/h2-3,10-11,13,15H,4-9,21H2,1H3,(H,23,26). The highest BCUT2D eigenvalue weighted by molar-refractivity contribution is 6.02. The van der Waals surface area contributed by atoms with Crippen LogP contribution in [-0.4, -0.2) is 40.7 Å². The average Bonchev–Trinajstić information content (AvgIpc) is 3.42. The van der Waals surface area contributed by atoms with E-state index in [1.54, 1.807) is 16.8 Å². The first-order chi connectivity index (χ1) is 13.0. The minimum atomic E-state index is -0.0945. The zero-order valence-electron chi connectivity index (χ0n) is 15.4. The number of carbonyl (C=O) groups excluding carboxylic acids is 2. The van der Waals surface area contributed by atoms with Crippen molar-refractivity contribution in [2.75, 3.05) is 18.9 Å². The van der Waals surface area contributed by atoms with E-state index in [1.165, 1.54) is 6.20 Å². The van der Waals surface area contributed by atoms with Crippen LogP contribution in [0.15, 0.2) is 24.4 Å². The van der Waals surface area contributed by atoms with Crippen molar-refractivity contribution in [2.24, 2.45) is 5.92 Å². The van der Waals surface area contributed by atoms with Crippen molar-refractivity contribution in [3.63, 3.8) is 0 Å². The van der Waals surface area contributed by atoms with E-state index < -0.39 is 0 Å². The summed E-state index contributed by atoms with van der Waals surface area (Å²) >= 11 is 0. The van der Waals surface area contributed by atoms with Crippen LogP contribution >= 0.6 is 0 Å². The molecule has 2 fully saturated rings. The van der Waals surface area contributed by atoms with Crippen molar-refractivity contribution in [1.82, 2.24) is 15.1 Å². The number of Topliss-reactive ketones (excluding diaryl/α,β-unsaturated/α-hetero) is 1. The summed E-state index contributed by atoms with van der Waals surface area (Å²) in [5.41, 5.74) is 8.92. The van der Waals surface area contributed by atoms with E-state index in [-0.39, 0.29) is 17.6 Å². The Bertz CT molecular complexity index is 879. The molecule has 4 rings (SSSR count). The number of aromatic nitrogens is 2. The van der Waals surface area contributed by atoms with Crippen molar-refractivity contribution < 1.29 is 14.3 Å². The number of ether oxygens (including phenoxy) is 1. The molecule has 0 bridgehead atoms. The van der Waals surface area contributed by atoms with E-state index in [1.807, 2.05) is 13.0 Å². The zero-order chi connectivity index (χ0) is 19.0. The van der Waals surface area contributed by atoms with Gasteiger partial charge < -0.3 is 15.8 Å². The van der Waals surface area contributed by atoms with Gasteiger partial charge in [-0.25, -0.2) is 4.68 Å². The lowest BCUT2D eigenvalue weighted by Crippen LogP contribution is -2.25. The number of carbonyl (C=O) groups is 2. The molecule has 2 aliphatic rings. The topological polar surface area (TPSA) is 99.2 Å². The first-order valence-electron chi connectivity index (χ1n) is 9.42. The summed E-state index contributed by atoms with van der Waals surface area (Å²) in [7, 11) is 0. The number of rotatable bonds is 5. The van der Waals surface area contributed by atoms with Gasteiger partial charge in [0.1, 0.15) is 5.82 Å². The van der Waals surface area contributed by atoms with Gasteiger partial charge in [-0.05, 0) is 50.3 Å². The smallest absolute Gasteiger partial charge is 0.251 e. The Labute approximate surface area is 157 Å². The Hall–Kier alpha value is -2.67. The lowest BCUT2D eigenvalue weighted by molar-refractivity contribution is 0.0545. The molecule has 7 nitrogen and oxygen atoms in total. The van der Waals surface area contributed by atoms with Crippen LogP contribution in [-0.2, 0) is 4.74 Å². The lowest BCUT2D eigenvalue weighted by Gasteiger charge is -2.20. The number of nitrogen functional groups attached to an aromatic ring is 1. The molecule has 1 aromatic carbocycles. The molecule has 0 atom stereocenters. The highest BCUT2D eigenvalue weighted by Crippen LogP contribution is 2.27. The van der Waals surface area contributed by atoms with E-state index in [4.69, 9.17) is 10.5 Å². The number of nitrogens with one attached hydrogen (secondary N) is 1. The predicted molar refractivity (Wildman–Crippen MR) is 101 cm³/mol. The van der Waals surface area contributed by atoms with Crippen molar-refractivity contribution in [1.29, 1.82) is 0 Å². The van der Waals surface area contributed by atoms with Crippen LogP contribution in [0, 0.1) is 12.8 Å². The number of aryl methyl sites for hydroxylation is 1. The normalized spacial score (nSPS) is 17.7. The molecule has 2 heterocycles. The van der Waals surface area contributed by atoms with Gasteiger partial charge >= 0.3 is 0 Å². The van der Waals surface area contributed by atoms with E-state index >= 15 is 0 Å². The van der Waals surface area contributed by atoms with Crippen LogP contribution in [0.5, 0.6) is 0 Å². The molecule has 3 N–H and O–H groups in total. The maximum atomic E-state index is 12.8. The number of anilines is 1. The summed E-state index contributed by atoms with van der Waals surface area (Å²) in [4.78, 5) is 25.2. The number of nitrogens with two attached hydrogens (primary N) is 1. The highest BCUT2D eigenvalue weighted by Gasteiger charge is 2.27. The minimum Gasteiger partial charge on any atom is -0.383 e. The molecule has 1 aliphatic carbocycles. The predicted octanol–water partition coefficient (Wildman–Crippen LogP) is 2.26. The largest absolute Gasteiger partial charge is 0.383 e. The fourth-order valence-electron chi connectivity index (χ4n) is 3.39. The fraction of sp³-hybridized carbons (Fsp3) is 0.450. The summed E-state index contributed by atoms with van der Waals surface area (Å²) in [5, 5.41) is 7.33. The quantitative estimate of drug-likeness (QED) is 0.789. The van der Waals surface area contributed by atoms with Crippen molar-refractivity contribution in [3.8, 4) is 5.69 Å². The summed E-state index contributed by atoms with van der Waals surface area (Å²) in [6, 6.07) is 5.74. The third-order valence-electron chi connectivity index (χ3n) is 5.28. The Morgan fingerprint density at radius 3 is 2.67 bits per heavy atom. The summed E-state index contributed by atoms with van der Waals surface area (Å²) in [6.07, 6.45) is 5.02. The van der Waals surface area contributed by atoms with Gasteiger partial charge in [-0.3, -0.25) is 9.59 Å². The second-order valence-electron chi connectivity index (χ2n) is 7.36. The van der Waals surface area contributed by atoms with Crippen LogP contribution in [0.1, 0.15) is 52.0 Å². The lowest BCUT2D eigenvalue weighted by atomic mass is 9.92. The van der Waals surface area contributed by atoms with Gasteiger partial charge in [0.2, 0.25) is 0 Å². The van der Waals surface area contributed by atoms with E-state index in [0.29, 0.717) is 54.7 Å². The Morgan fingerprint density at radius 2 is 1.96 bits per heavy atom. The molecule has 1 amide bonds. The van der Waals surface area contributed by atoms with Gasteiger partial charge in [0.15, 0.2) is 5.78 Å². The van der Waals surface area contributed by atoms with Gasteiger partial charge in [-0.1, -0.05) is 6.07 Å². The number of nitrogens with zero attached hydrogens (tertiary/aromatic N) is 2. The summed E-state index contributed by atoms with van der Waals surface area (Å²) < 4.78 is 6.88. The fourth-order valence-corrected chi connectivity index (χ4v) is 3.39. The van der Waals surface area contributed by atoms with Crippen LogP contribution in [0.3, 0.4) is 0 Å². The average molecular weight is 368 g/mol. The molecule has 0 spiro atoms. The van der Waals surface area contributed by atoms with E-state index in [2.05, 4.69) is 10.4 Å². The van der Waals surface area contributed by atoms with Crippen molar-refractivity contribution in [3.05, 3.63) is 41.1 Å². The highest BCUT2D eigenvalue weighted by atomic mass is 16.5. The molecule has 0 unspecified atom stereocenters. The summed E-state index contributed by atoms with van der Waals surface area (Å²) in [6.45, 7) is 3.13. The molecule has 1 saturated carbocycles. The first kappa shape index (κ1) is 17.7. The Kier molecular flexibility index (Phi) is 4.70. The third-order valence-corrected chi connectivity index (χ3v) is 5.28. The third kappa shape index (κ3) is 3.60. The second kappa shape index (κ2) is 7.15. The molecule has 1 aliphatic heterocycles. The molecular weight excluding hydrogens is 344 g/mol. The van der Waals surface area contributed by atoms with Crippen LogP contribution in [0.2, 0.25) is 0 Å². The van der Waals surface area contributed by atoms with E-state index in [0.717, 1.165) is 18.4 Å². The first-order valence-corrected chi connectivity index (χ1v) is 9.42. The molecule has 2 aromatic rings. The molecule has 27 heavy (non-hydrogen) atoms. The molecule has 1 aromatic heterocycles. The molecular formula is C20H24N4O3. The van der Waals surface area contributed by atoms with Crippen molar-refractivity contribution >= 4 is 17.5 Å². The van der Waals surface area contributed by atoms with Crippen LogP contribution in [0.4, 0.5) is 5.82 Å². The zero-order valence-corrected chi connectivity index (χ0v) is 15.4. The monoisotopic (exact) mass is 368 g/mol. The Balaban J connectivity index is 1.62. The number of ketones is 1. The minimum absolute atomic E-state index is 0.0161. The van der Waals surface area contributed by atoms with Gasteiger partial charge in [0.05, 0.1) is 17.4 Å². The van der Waals surface area contributed by atoms with Gasteiger partial charge in [0.25, 0.3) is 5.91 Å². The SMILES string of the molecule is Cc1ccc(C(=O)NC2CC2)cc1-n1ncc(C(=O)C2CCOCC2)c1N. The molecule has 0 radical (unpaired) electrons.